The second-order valence-corrected chi connectivity index (χ2v) is 4.80. The molecule has 0 spiro atoms. The van der Waals surface area contributed by atoms with Crippen molar-refractivity contribution in [2.24, 2.45) is 5.73 Å². The zero-order valence-corrected chi connectivity index (χ0v) is 9.35. The minimum absolute atomic E-state index is 0.275. The Morgan fingerprint density at radius 2 is 2.14 bits per heavy atom. The summed E-state index contributed by atoms with van der Waals surface area (Å²) >= 11 is 7.15. The van der Waals surface area contributed by atoms with Gasteiger partial charge >= 0.3 is 0 Å². The first-order chi connectivity index (χ1) is 6.74. The number of hydrogen-bond donors (Lipinski definition) is 1. The Balaban J connectivity index is 1.86. The molecule has 0 radical (unpaired) electrons. The van der Waals surface area contributed by atoms with Crippen LogP contribution in [0.4, 0.5) is 0 Å². The van der Waals surface area contributed by atoms with E-state index < -0.39 is 0 Å². The Morgan fingerprint density at radius 1 is 1.43 bits per heavy atom. The molecule has 1 heterocycles. The number of ether oxygens (including phenoxy) is 1. The molecule has 1 aliphatic carbocycles. The zero-order valence-electron chi connectivity index (χ0n) is 7.78. The van der Waals surface area contributed by atoms with Crippen molar-refractivity contribution in [3.8, 4) is 5.19 Å². The number of rotatable bonds is 2. The fourth-order valence-electron chi connectivity index (χ4n) is 1.64. The summed E-state index contributed by atoms with van der Waals surface area (Å²) in [6, 6.07) is 0.356. The van der Waals surface area contributed by atoms with Gasteiger partial charge in [0.05, 0.1) is 0 Å². The SMILES string of the molecule is NC1CCC(Oc2nc(Cl)cs2)CC1. The lowest BCUT2D eigenvalue weighted by atomic mass is 9.94. The Morgan fingerprint density at radius 3 is 2.71 bits per heavy atom. The van der Waals surface area contributed by atoms with Crippen molar-refractivity contribution in [2.45, 2.75) is 37.8 Å². The van der Waals surface area contributed by atoms with Crippen LogP contribution in [-0.2, 0) is 0 Å². The Kier molecular flexibility index (Phi) is 3.26. The normalized spacial score (nSPS) is 27.6. The molecule has 3 nitrogen and oxygen atoms in total. The van der Waals surface area contributed by atoms with Crippen LogP contribution in [0, 0.1) is 0 Å². The first kappa shape index (κ1) is 10.2. The highest BCUT2D eigenvalue weighted by Gasteiger charge is 2.20. The minimum Gasteiger partial charge on any atom is -0.467 e. The molecule has 78 valence electrons. The molecule has 0 saturated heterocycles. The van der Waals surface area contributed by atoms with Gasteiger partial charge in [-0.1, -0.05) is 22.9 Å². The van der Waals surface area contributed by atoms with E-state index in [9.17, 15) is 0 Å². The van der Waals surface area contributed by atoms with Crippen LogP contribution < -0.4 is 10.5 Å². The summed E-state index contributed by atoms with van der Waals surface area (Å²) in [6.45, 7) is 0. The molecule has 1 aromatic rings. The second kappa shape index (κ2) is 4.47. The fraction of sp³-hybridized carbons (Fsp3) is 0.667. The van der Waals surface area contributed by atoms with E-state index >= 15 is 0 Å². The summed E-state index contributed by atoms with van der Waals surface area (Å²) in [6.07, 6.45) is 4.42. The Bertz CT molecular complexity index is 297. The van der Waals surface area contributed by atoms with Gasteiger partial charge in [0.15, 0.2) is 0 Å². The lowest BCUT2D eigenvalue weighted by molar-refractivity contribution is 0.146. The van der Waals surface area contributed by atoms with Crippen molar-refractivity contribution in [1.82, 2.24) is 4.98 Å². The van der Waals surface area contributed by atoms with Crippen molar-refractivity contribution >= 4 is 22.9 Å². The summed E-state index contributed by atoms with van der Waals surface area (Å²) < 4.78 is 5.69. The number of thiazole rings is 1. The number of halogens is 1. The monoisotopic (exact) mass is 232 g/mol. The van der Waals surface area contributed by atoms with Crippen molar-refractivity contribution in [2.75, 3.05) is 0 Å². The van der Waals surface area contributed by atoms with Crippen molar-refractivity contribution in [3.05, 3.63) is 10.5 Å². The molecule has 14 heavy (non-hydrogen) atoms. The van der Waals surface area contributed by atoms with E-state index in [-0.39, 0.29) is 6.10 Å². The highest BCUT2D eigenvalue weighted by atomic mass is 35.5. The van der Waals surface area contributed by atoms with Crippen LogP contribution in [0.2, 0.25) is 5.15 Å². The highest BCUT2D eigenvalue weighted by molar-refractivity contribution is 7.11. The number of nitrogens with zero attached hydrogens (tertiary/aromatic N) is 1. The molecule has 1 aromatic heterocycles. The number of hydrogen-bond acceptors (Lipinski definition) is 4. The average Bonchev–Trinajstić information content (AvgIpc) is 2.56. The van der Waals surface area contributed by atoms with Crippen LogP contribution >= 0.6 is 22.9 Å². The summed E-state index contributed by atoms with van der Waals surface area (Å²) in [5.74, 6) is 0. The average molecular weight is 233 g/mol. The van der Waals surface area contributed by atoms with E-state index in [1.807, 2.05) is 0 Å². The number of nitrogens with two attached hydrogens (primary N) is 1. The van der Waals surface area contributed by atoms with Gasteiger partial charge in [-0.25, -0.2) is 0 Å². The van der Waals surface area contributed by atoms with Gasteiger partial charge in [0.1, 0.15) is 11.3 Å². The van der Waals surface area contributed by atoms with Gasteiger partial charge in [-0.15, -0.1) is 0 Å². The van der Waals surface area contributed by atoms with Gasteiger partial charge in [0, 0.05) is 11.4 Å². The molecule has 1 fully saturated rings. The zero-order chi connectivity index (χ0) is 9.97. The highest BCUT2D eigenvalue weighted by Crippen LogP contribution is 2.26. The third kappa shape index (κ3) is 2.59. The van der Waals surface area contributed by atoms with Gasteiger partial charge in [-0.2, -0.15) is 4.98 Å². The molecular formula is C9H13ClN2OS. The maximum atomic E-state index is 5.80. The van der Waals surface area contributed by atoms with E-state index in [4.69, 9.17) is 22.1 Å². The first-order valence-electron chi connectivity index (χ1n) is 4.77. The predicted octanol–water partition coefficient (Wildman–Crippen LogP) is 2.45. The smallest absolute Gasteiger partial charge is 0.274 e. The van der Waals surface area contributed by atoms with Gasteiger partial charge in [0.25, 0.3) is 5.19 Å². The standard InChI is InChI=1S/C9H13ClN2OS/c10-8-5-14-9(12-8)13-7-3-1-6(11)2-4-7/h5-7H,1-4,11H2. The first-order valence-corrected chi connectivity index (χ1v) is 6.03. The van der Waals surface area contributed by atoms with Crippen LogP contribution in [0.1, 0.15) is 25.7 Å². The lowest BCUT2D eigenvalue weighted by Crippen LogP contribution is -2.31. The molecule has 0 bridgehead atoms. The summed E-state index contributed by atoms with van der Waals surface area (Å²) in [5.41, 5.74) is 5.80. The molecule has 1 aliphatic rings. The van der Waals surface area contributed by atoms with Gasteiger partial charge in [-0.05, 0) is 25.7 Å². The molecule has 0 unspecified atom stereocenters. The van der Waals surface area contributed by atoms with Crippen molar-refractivity contribution < 1.29 is 4.74 Å². The number of aromatic nitrogens is 1. The summed E-state index contributed by atoms with van der Waals surface area (Å²) in [4.78, 5) is 4.05. The molecule has 2 rings (SSSR count). The van der Waals surface area contributed by atoms with Crippen LogP contribution in [0.5, 0.6) is 5.19 Å². The van der Waals surface area contributed by atoms with E-state index in [2.05, 4.69) is 4.98 Å². The maximum Gasteiger partial charge on any atom is 0.274 e. The van der Waals surface area contributed by atoms with E-state index in [0.29, 0.717) is 16.4 Å². The minimum atomic E-state index is 0.275. The third-order valence-electron chi connectivity index (χ3n) is 2.44. The fourth-order valence-corrected chi connectivity index (χ4v) is 2.50. The van der Waals surface area contributed by atoms with Crippen LogP contribution in [-0.4, -0.2) is 17.1 Å². The molecular weight excluding hydrogens is 220 g/mol. The molecule has 0 aliphatic heterocycles. The lowest BCUT2D eigenvalue weighted by Gasteiger charge is -2.25. The van der Waals surface area contributed by atoms with E-state index in [0.717, 1.165) is 25.7 Å². The molecule has 2 N–H and O–H groups in total. The quantitative estimate of drug-likeness (QED) is 0.852. The van der Waals surface area contributed by atoms with Gasteiger partial charge in [-0.3, -0.25) is 0 Å². The second-order valence-electron chi connectivity index (χ2n) is 3.59. The van der Waals surface area contributed by atoms with Crippen molar-refractivity contribution in [3.63, 3.8) is 0 Å². The Hall–Kier alpha value is -0.320. The topological polar surface area (TPSA) is 48.1 Å². The van der Waals surface area contributed by atoms with E-state index in [1.54, 1.807) is 5.38 Å². The molecule has 5 heteroatoms. The molecule has 1 saturated carbocycles. The Labute approximate surface area is 92.2 Å². The van der Waals surface area contributed by atoms with Crippen LogP contribution in [0.15, 0.2) is 5.38 Å². The van der Waals surface area contributed by atoms with Crippen LogP contribution in [0.3, 0.4) is 0 Å². The van der Waals surface area contributed by atoms with E-state index in [1.165, 1.54) is 11.3 Å². The van der Waals surface area contributed by atoms with Gasteiger partial charge < -0.3 is 10.5 Å². The van der Waals surface area contributed by atoms with Crippen LogP contribution in [0.25, 0.3) is 0 Å². The molecule has 0 aromatic carbocycles. The maximum absolute atomic E-state index is 5.80. The molecule has 0 amide bonds. The predicted molar refractivity (Wildman–Crippen MR) is 58.0 cm³/mol. The molecule has 0 atom stereocenters. The third-order valence-corrected chi connectivity index (χ3v) is 3.49. The van der Waals surface area contributed by atoms with Crippen molar-refractivity contribution in [1.29, 1.82) is 0 Å². The summed E-state index contributed by atoms with van der Waals surface area (Å²) in [7, 11) is 0. The van der Waals surface area contributed by atoms with Gasteiger partial charge in [0.2, 0.25) is 0 Å². The summed E-state index contributed by atoms with van der Waals surface area (Å²) in [5, 5.41) is 2.97. The largest absolute Gasteiger partial charge is 0.467 e.